The molecule has 154 valence electrons. The molecular formula is C21H24BrN3O4. The quantitative estimate of drug-likeness (QED) is 0.541. The number of ether oxygens (including phenoxy) is 1. The number of amides is 3. The first-order valence-electron chi connectivity index (χ1n) is 9.27. The first-order chi connectivity index (χ1) is 13.8. The Balaban J connectivity index is 1.92. The van der Waals surface area contributed by atoms with Crippen molar-refractivity contribution in [1.29, 1.82) is 0 Å². The van der Waals surface area contributed by atoms with E-state index in [2.05, 4.69) is 32.1 Å². The van der Waals surface area contributed by atoms with Gasteiger partial charge >= 0.3 is 0 Å². The lowest BCUT2D eigenvalue weighted by atomic mass is 10.2. The normalized spacial score (nSPS) is 10.4. The highest BCUT2D eigenvalue weighted by molar-refractivity contribution is 9.10. The van der Waals surface area contributed by atoms with E-state index in [9.17, 15) is 14.4 Å². The van der Waals surface area contributed by atoms with Crippen LogP contribution in [-0.4, -0.2) is 23.8 Å². The lowest BCUT2D eigenvalue weighted by Crippen LogP contribution is -2.41. The molecule has 8 heteroatoms. The van der Waals surface area contributed by atoms with Gasteiger partial charge in [0.15, 0.2) is 0 Å². The van der Waals surface area contributed by atoms with E-state index in [4.69, 9.17) is 4.74 Å². The molecule has 0 aliphatic rings. The summed E-state index contributed by atoms with van der Waals surface area (Å²) in [6.45, 7) is 5.75. The first kappa shape index (κ1) is 22.4. The van der Waals surface area contributed by atoms with Gasteiger partial charge in [-0.25, -0.2) is 0 Å². The Labute approximate surface area is 178 Å². The molecule has 0 saturated heterocycles. The molecule has 2 aromatic rings. The highest BCUT2D eigenvalue weighted by atomic mass is 79.9. The molecule has 0 spiro atoms. The van der Waals surface area contributed by atoms with E-state index in [0.717, 1.165) is 6.42 Å². The monoisotopic (exact) mass is 461 g/mol. The fourth-order valence-electron chi connectivity index (χ4n) is 2.40. The molecule has 2 aromatic carbocycles. The number of anilines is 1. The van der Waals surface area contributed by atoms with Crippen molar-refractivity contribution in [2.45, 2.75) is 39.7 Å². The van der Waals surface area contributed by atoms with Crippen molar-refractivity contribution in [1.82, 2.24) is 10.9 Å². The Kier molecular flexibility index (Phi) is 8.21. The van der Waals surface area contributed by atoms with Gasteiger partial charge < -0.3 is 10.1 Å². The highest BCUT2D eigenvalue weighted by Crippen LogP contribution is 2.26. The number of hydrogen-bond donors (Lipinski definition) is 3. The molecular weight excluding hydrogens is 438 g/mol. The first-order valence-corrected chi connectivity index (χ1v) is 10.1. The summed E-state index contributed by atoms with van der Waals surface area (Å²) in [7, 11) is 0. The second kappa shape index (κ2) is 10.6. The minimum atomic E-state index is -0.469. The van der Waals surface area contributed by atoms with E-state index >= 15 is 0 Å². The highest BCUT2D eigenvalue weighted by Gasteiger charge is 2.12. The Morgan fingerprint density at radius 2 is 1.55 bits per heavy atom. The lowest BCUT2D eigenvalue weighted by Gasteiger charge is -2.13. The SMILES string of the molecule is CCCC(=O)Nc1ccc(C(=O)NNC(=O)c2ccc(OC(C)C)c(Br)c2)cc1. The van der Waals surface area contributed by atoms with Crippen LogP contribution in [0.15, 0.2) is 46.9 Å². The van der Waals surface area contributed by atoms with Gasteiger partial charge in [0.1, 0.15) is 5.75 Å². The zero-order valence-electron chi connectivity index (χ0n) is 16.5. The summed E-state index contributed by atoms with van der Waals surface area (Å²) >= 11 is 3.37. The van der Waals surface area contributed by atoms with Crippen molar-refractivity contribution in [3.63, 3.8) is 0 Å². The summed E-state index contributed by atoms with van der Waals surface area (Å²) in [4.78, 5) is 36.1. The minimum absolute atomic E-state index is 0.0108. The molecule has 0 aromatic heterocycles. The zero-order valence-corrected chi connectivity index (χ0v) is 18.1. The third kappa shape index (κ3) is 6.90. The molecule has 0 atom stereocenters. The van der Waals surface area contributed by atoms with Crippen molar-refractivity contribution in [3.8, 4) is 5.75 Å². The summed E-state index contributed by atoms with van der Waals surface area (Å²) < 4.78 is 6.25. The summed E-state index contributed by atoms with van der Waals surface area (Å²) in [6.07, 6.45) is 1.21. The number of halogens is 1. The van der Waals surface area contributed by atoms with Gasteiger partial charge in [-0.3, -0.25) is 25.2 Å². The number of rotatable bonds is 7. The maximum absolute atomic E-state index is 12.3. The van der Waals surface area contributed by atoms with Crippen molar-refractivity contribution in [3.05, 3.63) is 58.1 Å². The van der Waals surface area contributed by atoms with Gasteiger partial charge in [-0.05, 0) is 78.7 Å². The molecule has 0 bridgehead atoms. The molecule has 0 saturated carbocycles. The third-order valence-electron chi connectivity index (χ3n) is 3.75. The van der Waals surface area contributed by atoms with Crippen LogP contribution < -0.4 is 20.9 Å². The zero-order chi connectivity index (χ0) is 21.4. The molecule has 0 heterocycles. The summed E-state index contributed by atoms with van der Waals surface area (Å²) in [6, 6.07) is 11.3. The number of hydrogen-bond acceptors (Lipinski definition) is 4. The van der Waals surface area contributed by atoms with Crippen LogP contribution in [-0.2, 0) is 4.79 Å². The van der Waals surface area contributed by atoms with Crippen LogP contribution in [0.1, 0.15) is 54.3 Å². The molecule has 3 amide bonds. The van der Waals surface area contributed by atoms with Gasteiger partial charge in [0.05, 0.1) is 10.6 Å². The standard InChI is InChI=1S/C21H24BrN3O4/c1-4-5-19(26)23-16-9-6-14(7-10-16)20(27)24-25-21(28)15-8-11-18(17(22)12-15)29-13(2)3/h6-13H,4-5H2,1-3H3,(H,23,26)(H,24,27)(H,25,28). The lowest BCUT2D eigenvalue weighted by molar-refractivity contribution is -0.116. The van der Waals surface area contributed by atoms with Gasteiger partial charge in [0, 0.05) is 23.2 Å². The number of hydrazine groups is 1. The Morgan fingerprint density at radius 1 is 0.966 bits per heavy atom. The molecule has 0 aliphatic carbocycles. The van der Waals surface area contributed by atoms with Crippen molar-refractivity contribution < 1.29 is 19.1 Å². The molecule has 3 N–H and O–H groups in total. The summed E-state index contributed by atoms with van der Waals surface area (Å²) in [5.74, 6) is -0.373. The van der Waals surface area contributed by atoms with Gasteiger partial charge in [0.2, 0.25) is 5.91 Å². The van der Waals surface area contributed by atoms with Gasteiger partial charge in [0.25, 0.3) is 11.8 Å². The van der Waals surface area contributed by atoms with Crippen LogP contribution in [0.4, 0.5) is 5.69 Å². The average molecular weight is 462 g/mol. The Hall–Kier alpha value is -2.87. The number of carbonyl (C=O) groups is 3. The fraction of sp³-hybridized carbons (Fsp3) is 0.286. The van der Waals surface area contributed by atoms with Gasteiger partial charge in [-0.2, -0.15) is 0 Å². The van der Waals surface area contributed by atoms with Crippen LogP contribution in [0.5, 0.6) is 5.75 Å². The predicted molar refractivity (Wildman–Crippen MR) is 115 cm³/mol. The fourth-order valence-corrected chi connectivity index (χ4v) is 2.88. The molecule has 7 nitrogen and oxygen atoms in total. The Morgan fingerprint density at radius 3 is 2.10 bits per heavy atom. The van der Waals surface area contributed by atoms with E-state index in [1.54, 1.807) is 42.5 Å². The van der Waals surface area contributed by atoms with Crippen molar-refractivity contribution >= 4 is 39.3 Å². The second-order valence-corrected chi connectivity index (χ2v) is 7.45. The third-order valence-corrected chi connectivity index (χ3v) is 4.37. The number of benzene rings is 2. The maximum Gasteiger partial charge on any atom is 0.269 e. The van der Waals surface area contributed by atoms with E-state index in [1.165, 1.54) is 0 Å². The van der Waals surface area contributed by atoms with E-state index < -0.39 is 11.8 Å². The second-order valence-electron chi connectivity index (χ2n) is 6.60. The van der Waals surface area contributed by atoms with Crippen molar-refractivity contribution in [2.75, 3.05) is 5.32 Å². The number of nitrogens with one attached hydrogen (secondary N) is 3. The van der Waals surface area contributed by atoms with Crippen molar-refractivity contribution in [2.24, 2.45) is 0 Å². The van der Waals surface area contributed by atoms with Gasteiger partial charge in [-0.1, -0.05) is 6.92 Å². The maximum atomic E-state index is 12.3. The minimum Gasteiger partial charge on any atom is -0.490 e. The molecule has 0 unspecified atom stereocenters. The van der Waals surface area contributed by atoms with E-state index in [1.807, 2.05) is 20.8 Å². The molecule has 2 rings (SSSR count). The van der Waals surface area contributed by atoms with Crippen LogP contribution >= 0.6 is 15.9 Å². The molecule has 0 aliphatic heterocycles. The molecule has 0 radical (unpaired) electrons. The average Bonchev–Trinajstić information content (AvgIpc) is 2.67. The summed E-state index contributed by atoms with van der Waals surface area (Å²) in [5, 5.41) is 2.75. The van der Waals surface area contributed by atoms with Crippen LogP contribution in [0.3, 0.4) is 0 Å². The summed E-state index contributed by atoms with van der Waals surface area (Å²) in [5.41, 5.74) is 6.07. The smallest absolute Gasteiger partial charge is 0.269 e. The van der Waals surface area contributed by atoms with Crippen LogP contribution in [0, 0.1) is 0 Å². The predicted octanol–water partition coefficient (Wildman–Crippen LogP) is 4.05. The number of carbonyl (C=O) groups excluding carboxylic acids is 3. The van der Waals surface area contributed by atoms with Crippen LogP contribution in [0.25, 0.3) is 0 Å². The topological polar surface area (TPSA) is 96.5 Å². The molecule has 0 fully saturated rings. The van der Waals surface area contributed by atoms with Gasteiger partial charge in [-0.15, -0.1) is 0 Å². The van der Waals surface area contributed by atoms with E-state index in [-0.39, 0.29) is 12.0 Å². The largest absolute Gasteiger partial charge is 0.490 e. The molecule has 29 heavy (non-hydrogen) atoms. The Bertz CT molecular complexity index is 882. The van der Waals surface area contributed by atoms with E-state index in [0.29, 0.717) is 33.5 Å². The van der Waals surface area contributed by atoms with Crippen LogP contribution in [0.2, 0.25) is 0 Å².